The molecular formula is C12H13N5S2. The zero-order valence-electron chi connectivity index (χ0n) is 10.7. The number of aromatic nitrogens is 2. The van der Waals surface area contributed by atoms with E-state index in [0.717, 1.165) is 27.8 Å². The lowest BCUT2D eigenvalue weighted by atomic mass is 10.2. The van der Waals surface area contributed by atoms with E-state index < -0.39 is 0 Å². The summed E-state index contributed by atoms with van der Waals surface area (Å²) in [4.78, 5) is 8.13. The molecule has 1 aromatic heterocycles. The van der Waals surface area contributed by atoms with E-state index in [1.54, 1.807) is 11.8 Å². The Morgan fingerprint density at radius 1 is 1.37 bits per heavy atom. The molecule has 5 nitrogen and oxygen atoms in total. The summed E-state index contributed by atoms with van der Waals surface area (Å²) in [5.74, 6) is 0.947. The van der Waals surface area contributed by atoms with E-state index in [4.69, 9.17) is 0 Å². The Morgan fingerprint density at radius 2 is 2.21 bits per heavy atom. The Bertz CT molecular complexity index is 606. The summed E-state index contributed by atoms with van der Waals surface area (Å²) in [5.41, 5.74) is 2.63. The third kappa shape index (κ3) is 3.68. The molecule has 98 valence electrons. The van der Waals surface area contributed by atoms with Crippen molar-refractivity contribution in [2.45, 2.75) is 19.0 Å². The molecule has 1 heterocycles. The van der Waals surface area contributed by atoms with Gasteiger partial charge < -0.3 is 0 Å². The summed E-state index contributed by atoms with van der Waals surface area (Å²) in [6, 6.07) is 5.64. The smallest absolute Gasteiger partial charge is 0.250 e. The van der Waals surface area contributed by atoms with Crippen molar-refractivity contribution in [2.24, 2.45) is 15.2 Å². The Morgan fingerprint density at radius 3 is 2.89 bits per heavy atom. The van der Waals surface area contributed by atoms with E-state index in [1.807, 2.05) is 25.1 Å². The van der Waals surface area contributed by atoms with Gasteiger partial charge in [-0.1, -0.05) is 18.7 Å². The van der Waals surface area contributed by atoms with Crippen LogP contribution in [0.3, 0.4) is 0 Å². The Hall–Kier alpha value is -1.60. The van der Waals surface area contributed by atoms with Gasteiger partial charge in [-0.05, 0) is 43.2 Å². The van der Waals surface area contributed by atoms with E-state index >= 15 is 0 Å². The molecule has 0 amide bonds. The van der Waals surface area contributed by atoms with Crippen LogP contribution in [-0.2, 0) is 0 Å². The predicted molar refractivity (Wildman–Crippen MR) is 80.9 cm³/mol. The van der Waals surface area contributed by atoms with Crippen LogP contribution in [0.2, 0.25) is 0 Å². The van der Waals surface area contributed by atoms with Gasteiger partial charge in [0.1, 0.15) is 0 Å². The number of rotatable bonds is 5. The molecule has 0 unspecified atom stereocenters. The predicted octanol–water partition coefficient (Wildman–Crippen LogP) is 4.71. The number of benzene rings is 1. The zero-order valence-corrected chi connectivity index (χ0v) is 12.3. The van der Waals surface area contributed by atoms with Crippen LogP contribution in [0.1, 0.15) is 12.5 Å². The maximum atomic E-state index is 4.26. The fourth-order valence-electron chi connectivity index (χ4n) is 1.38. The summed E-state index contributed by atoms with van der Waals surface area (Å²) in [7, 11) is 0. The Labute approximate surface area is 120 Å². The summed E-state index contributed by atoms with van der Waals surface area (Å²) >= 11 is 2.84. The molecule has 0 aliphatic heterocycles. The summed E-state index contributed by atoms with van der Waals surface area (Å²) in [5, 5.41) is 9.62. The van der Waals surface area contributed by atoms with E-state index in [1.165, 1.54) is 11.5 Å². The van der Waals surface area contributed by atoms with Crippen LogP contribution in [0.15, 0.2) is 38.6 Å². The number of aliphatic imine (C=N–C) groups is 1. The molecule has 0 spiro atoms. The van der Waals surface area contributed by atoms with Crippen molar-refractivity contribution in [3.8, 4) is 0 Å². The van der Waals surface area contributed by atoms with E-state index in [2.05, 4.69) is 38.2 Å². The van der Waals surface area contributed by atoms with Gasteiger partial charge in [0.15, 0.2) is 0 Å². The second kappa shape index (κ2) is 6.53. The zero-order chi connectivity index (χ0) is 13.7. The summed E-state index contributed by atoms with van der Waals surface area (Å²) in [6.07, 6.45) is 0. The van der Waals surface area contributed by atoms with Crippen LogP contribution in [-0.4, -0.2) is 21.8 Å². The lowest BCUT2D eigenvalue weighted by Gasteiger charge is -1.99. The van der Waals surface area contributed by atoms with Gasteiger partial charge in [-0.15, -0.1) is 10.2 Å². The van der Waals surface area contributed by atoms with Gasteiger partial charge in [-0.3, -0.25) is 4.99 Å². The molecule has 0 fully saturated rings. The van der Waals surface area contributed by atoms with Crippen molar-refractivity contribution in [2.75, 3.05) is 5.75 Å². The van der Waals surface area contributed by atoms with Gasteiger partial charge >= 0.3 is 0 Å². The lowest BCUT2D eigenvalue weighted by molar-refractivity contribution is 1.05. The maximum Gasteiger partial charge on any atom is 0.250 e. The van der Waals surface area contributed by atoms with Crippen molar-refractivity contribution in [1.29, 1.82) is 0 Å². The first-order valence-corrected chi connectivity index (χ1v) is 7.44. The van der Waals surface area contributed by atoms with Gasteiger partial charge in [0, 0.05) is 11.5 Å². The first-order chi connectivity index (χ1) is 9.22. The van der Waals surface area contributed by atoms with Crippen molar-refractivity contribution >= 4 is 46.5 Å². The molecule has 0 bridgehead atoms. The van der Waals surface area contributed by atoms with Crippen molar-refractivity contribution in [1.82, 2.24) is 9.36 Å². The fraction of sp³-hybridized carbons (Fsp3) is 0.250. The molecule has 0 aliphatic carbocycles. The first-order valence-electron chi connectivity index (χ1n) is 5.68. The van der Waals surface area contributed by atoms with Crippen molar-refractivity contribution in [3.05, 3.63) is 23.8 Å². The quantitative estimate of drug-likeness (QED) is 0.455. The largest absolute Gasteiger partial charge is 0.265 e. The number of aryl methyl sites for hydroxylation is 1. The normalized spacial score (nSPS) is 11.1. The van der Waals surface area contributed by atoms with Gasteiger partial charge in [0.25, 0.3) is 0 Å². The molecule has 1 aromatic carbocycles. The summed E-state index contributed by atoms with van der Waals surface area (Å²) < 4.78 is 4.18. The van der Waals surface area contributed by atoms with Crippen molar-refractivity contribution in [3.63, 3.8) is 0 Å². The number of nitrogens with zero attached hydrogens (tertiary/aromatic N) is 5. The van der Waals surface area contributed by atoms with Crippen LogP contribution in [0.4, 0.5) is 16.5 Å². The molecular weight excluding hydrogens is 278 g/mol. The van der Waals surface area contributed by atoms with E-state index in [0.29, 0.717) is 5.13 Å². The van der Waals surface area contributed by atoms with Crippen LogP contribution < -0.4 is 0 Å². The molecule has 0 N–H and O–H groups in total. The topological polar surface area (TPSA) is 62.9 Å². The second-order valence-electron chi connectivity index (χ2n) is 3.62. The average molecular weight is 291 g/mol. The lowest BCUT2D eigenvalue weighted by Crippen LogP contribution is -1.74. The molecule has 0 saturated carbocycles. The SMILES string of the molecule is C=Nc1ccc(/N=N/c2nc(SCC)ns2)c(C)c1. The standard InChI is InChI=1S/C12H13N5S2/c1-4-18-12-14-11(19-17-12)16-15-10-6-5-9(13-3)7-8(10)2/h5-7H,3-4H2,1-2H3/b16-15+. The maximum absolute atomic E-state index is 4.26. The third-order valence-corrected chi connectivity index (χ3v) is 3.72. The Balaban J connectivity index is 2.15. The van der Waals surface area contributed by atoms with Crippen LogP contribution in [0, 0.1) is 6.92 Å². The van der Waals surface area contributed by atoms with E-state index in [9.17, 15) is 0 Å². The average Bonchev–Trinajstić information content (AvgIpc) is 2.85. The highest BCUT2D eigenvalue weighted by molar-refractivity contribution is 7.99. The highest BCUT2D eigenvalue weighted by Crippen LogP contribution is 2.27. The number of thioether (sulfide) groups is 1. The van der Waals surface area contributed by atoms with Gasteiger partial charge in [0.2, 0.25) is 10.3 Å². The molecule has 19 heavy (non-hydrogen) atoms. The molecule has 0 saturated heterocycles. The fourth-order valence-corrected chi connectivity index (χ4v) is 2.57. The molecule has 0 radical (unpaired) electrons. The minimum atomic E-state index is 0.571. The third-order valence-electron chi connectivity index (χ3n) is 2.28. The Kier molecular flexibility index (Phi) is 4.75. The molecule has 2 aromatic rings. The monoisotopic (exact) mass is 291 g/mol. The minimum absolute atomic E-state index is 0.571. The summed E-state index contributed by atoms with van der Waals surface area (Å²) in [6.45, 7) is 7.51. The molecule has 0 atom stereocenters. The van der Waals surface area contributed by atoms with E-state index in [-0.39, 0.29) is 0 Å². The number of azo groups is 1. The highest BCUT2D eigenvalue weighted by atomic mass is 32.2. The first kappa shape index (κ1) is 13.8. The molecule has 7 heteroatoms. The van der Waals surface area contributed by atoms with Gasteiger partial charge in [-0.25, -0.2) is 0 Å². The van der Waals surface area contributed by atoms with Gasteiger partial charge in [-0.2, -0.15) is 9.36 Å². The number of hydrogen-bond acceptors (Lipinski definition) is 7. The van der Waals surface area contributed by atoms with Crippen LogP contribution >= 0.6 is 23.3 Å². The number of hydrogen-bond donors (Lipinski definition) is 0. The van der Waals surface area contributed by atoms with Crippen LogP contribution in [0.5, 0.6) is 0 Å². The van der Waals surface area contributed by atoms with Crippen molar-refractivity contribution < 1.29 is 0 Å². The second-order valence-corrected chi connectivity index (χ2v) is 5.58. The highest BCUT2D eigenvalue weighted by Gasteiger charge is 2.03. The molecule has 2 rings (SSSR count). The van der Waals surface area contributed by atoms with Gasteiger partial charge in [0.05, 0.1) is 11.4 Å². The van der Waals surface area contributed by atoms with Crippen LogP contribution in [0.25, 0.3) is 0 Å². The minimum Gasteiger partial charge on any atom is -0.265 e. The molecule has 0 aliphatic rings.